The van der Waals surface area contributed by atoms with E-state index in [-0.39, 0.29) is 5.41 Å². The molecule has 1 aromatic heterocycles. The summed E-state index contributed by atoms with van der Waals surface area (Å²) in [7, 11) is 0. The van der Waals surface area contributed by atoms with Crippen LogP contribution in [0.5, 0.6) is 0 Å². The number of rotatable bonds is 1. The van der Waals surface area contributed by atoms with Gasteiger partial charge in [-0.15, -0.1) is 11.3 Å². The Morgan fingerprint density at radius 2 is 2.00 bits per heavy atom. The molecule has 3 rings (SSSR count). The van der Waals surface area contributed by atoms with Gasteiger partial charge in [-0.1, -0.05) is 0 Å². The van der Waals surface area contributed by atoms with Crippen LogP contribution in [0.3, 0.4) is 0 Å². The first-order valence-electron chi connectivity index (χ1n) is 5.49. The number of thiophene rings is 1. The lowest BCUT2D eigenvalue weighted by atomic mass is 9.97. The molecule has 0 aromatic carbocycles. The molecule has 3 heteroatoms. The monoisotopic (exact) mass is 281 g/mol. The number of aryl methyl sites for hydroxylation is 1. The lowest BCUT2D eigenvalue weighted by Crippen LogP contribution is -2.01. The van der Waals surface area contributed by atoms with Gasteiger partial charge in [-0.2, -0.15) is 5.26 Å². The van der Waals surface area contributed by atoms with E-state index >= 15 is 0 Å². The fraction of sp³-hybridized carbons (Fsp3) is 0.583. The van der Waals surface area contributed by atoms with Crippen LogP contribution in [0.2, 0.25) is 0 Å². The molecule has 1 saturated carbocycles. The van der Waals surface area contributed by atoms with Crippen molar-refractivity contribution in [1.29, 1.82) is 5.26 Å². The molecule has 1 fully saturated rings. The highest BCUT2D eigenvalue weighted by atomic mass is 79.9. The van der Waals surface area contributed by atoms with Gasteiger partial charge in [0.25, 0.3) is 0 Å². The van der Waals surface area contributed by atoms with E-state index in [1.807, 2.05) is 11.3 Å². The van der Waals surface area contributed by atoms with Gasteiger partial charge in [-0.25, -0.2) is 0 Å². The second-order valence-electron chi connectivity index (χ2n) is 4.55. The average Bonchev–Trinajstić information content (AvgIpc) is 3.00. The second kappa shape index (κ2) is 3.33. The first-order chi connectivity index (χ1) is 7.27. The number of nitriles is 1. The Balaban J connectivity index is 2.11. The van der Waals surface area contributed by atoms with Gasteiger partial charge in [0.05, 0.1) is 11.5 Å². The van der Waals surface area contributed by atoms with Crippen molar-refractivity contribution in [1.82, 2.24) is 0 Å². The van der Waals surface area contributed by atoms with Gasteiger partial charge in [0.15, 0.2) is 0 Å². The van der Waals surface area contributed by atoms with E-state index in [4.69, 9.17) is 0 Å². The van der Waals surface area contributed by atoms with E-state index in [0.717, 1.165) is 12.8 Å². The normalized spacial score (nSPS) is 21.9. The van der Waals surface area contributed by atoms with Crippen molar-refractivity contribution in [2.45, 2.75) is 43.9 Å². The standard InChI is InChI=1S/C12H12BrNS/c13-10-8-3-1-2-4-9(8)15-11(10)12(7-14)5-6-12/h1-6H2. The van der Waals surface area contributed by atoms with Crippen molar-refractivity contribution in [3.8, 4) is 6.07 Å². The highest BCUT2D eigenvalue weighted by Gasteiger charge is 2.48. The minimum atomic E-state index is -0.110. The summed E-state index contributed by atoms with van der Waals surface area (Å²) in [6.45, 7) is 0. The molecule has 78 valence electrons. The van der Waals surface area contributed by atoms with Crippen LogP contribution in [-0.2, 0) is 18.3 Å². The summed E-state index contributed by atoms with van der Waals surface area (Å²) in [5.41, 5.74) is 1.39. The lowest BCUT2D eigenvalue weighted by molar-refractivity contribution is 0.694. The molecule has 0 spiro atoms. The zero-order chi connectivity index (χ0) is 10.5. The second-order valence-corrected chi connectivity index (χ2v) is 6.45. The molecule has 0 amide bonds. The van der Waals surface area contributed by atoms with Crippen molar-refractivity contribution in [3.63, 3.8) is 0 Å². The third-order valence-corrected chi connectivity index (χ3v) is 6.14. The van der Waals surface area contributed by atoms with Crippen LogP contribution >= 0.6 is 27.3 Å². The van der Waals surface area contributed by atoms with E-state index in [9.17, 15) is 5.26 Å². The van der Waals surface area contributed by atoms with E-state index < -0.39 is 0 Å². The minimum Gasteiger partial charge on any atom is -0.197 e. The smallest absolute Gasteiger partial charge is 0.0927 e. The predicted molar refractivity (Wildman–Crippen MR) is 65.2 cm³/mol. The number of hydrogen-bond acceptors (Lipinski definition) is 2. The van der Waals surface area contributed by atoms with Crippen LogP contribution in [0.1, 0.15) is 41.0 Å². The summed E-state index contributed by atoms with van der Waals surface area (Å²) in [5.74, 6) is 0. The van der Waals surface area contributed by atoms with Crippen molar-refractivity contribution >= 4 is 27.3 Å². The van der Waals surface area contributed by atoms with Crippen molar-refractivity contribution in [2.75, 3.05) is 0 Å². The molecule has 1 heterocycles. The van der Waals surface area contributed by atoms with Gasteiger partial charge in [-0.3, -0.25) is 0 Å². The lowest BCUT2D eigenvalue weighted by Gasteiger charge is -2.10. The van der Waals surface area contributed by atoms with Gasteiger partial charge in [0.1, 0.15) is 0 Å². The zero-order valence-electron chi connectivity index (χ0n) is 8.48. The molecule has 1 nitrogen and oxygen atoms in total. The summed E-state index contributed by atoms with van der Waals surface area (Å²) < 4.78 is 1.27. The van der Waals surface area contributed by atoms with Crippen LogP contribution in [0, 0.1) is 11.3 Å². The Hall–Kier alpha value is -0.330. The Morgan fingerprint density at radius 3 is 2.60 bits per heavy atom. The Kier molecular flexibility index (Phi) is 2.19. The highest BCUT2D eigenvalue weighted by molar-refractivity contribution is 9.10. The van der Waals surface area contributed by atoms with Crippen LogP contribution in [-0.4, -0.2) is 0 Å². The summed E-state index contributed by atoms with van der Waals surface area (Å²) in [4.78, 5) is 2.85. The SMILES string of the molecule is N#CC1(c2sc3c(c2Br)CCCC3)CC1. The number of nitrogens with zero attached hydrogens (tertiary/aromatic N) is 1. The maximum absolute atomic E-state index is 9.23. The molecule has 0 radical (unpaired) electrons. The third kappa shape index (κ3) is 1.38. The number of fused-ring (bicyclic) bond motifs is 1. The quantitative estimate of drug-likeness (QED) is 0.765. The Morgan fingerprint density at radius 1 is 1.27 bits per heavy atom. The molecule has 2 aliphatic rings. The molecule has 0 aliphatic heterocycles. The maximum atomic E-state index is 9.23. The van der Waals surface area contributed by atoms with Crippen LogP contribution in [0.4, 0.5) is 0 Å². The minimum absolute atomic E-state index is 0.110. The molecular weight excluding hydrogens is 270 g/mol. The first kappa shape index (κ1) is 9.86. The van der Waals surface area contributed by atoms with Crippen LogP contribution in [0.25, 0.3) is 0 Å². The van der Waals surface area contributed by atoms with E-state index in [0.29, 0.717) is 0 Å². The molecule has 0 N–H and O–H groups in total. The molecule has 15 heavy (non-hydrogen) atoms. The topological polar surface area (TPSA) is 23.8 Å². The van der Waals surface area contributed by atoms with Crippen molar-refractivity contribution in [3.05, 3.63) is 19.8 Å². The summed E-state index contributed by atoms with van der Waals surface area (Å²) in [5, 5.41) is 9.23. The number of hydrogen-bond donors (Lipinski definition) is 0. The molecule has 1 aromatic rings. The molecular formula is C12H12BrNS. The Bertz CT molecular complexity index is 451. The molecule has 0 atom stereocenters. The summed E-state index contributed by atoms with van der Waals surface area (Å²) in [6, 6.07) is 2.50. The van der Waals surface area contributed by atoms with Gasteiger partial charge >= 0.3 is 0 Å². The van der Waals surface area contributed by atoms with E-state index in [1.54, 1.807) is 0 Å². The summed E-state index contributed by atoms with van der Waals surface area (Å²) >= 11 is 5.60. The first-order valence-corrected chi connectivity index (χ1v) is 7.09. The number of halogens is 1. The average molecular weight is 282 g/mol. The molecule has 0 unspecified atom stereocenters. The highest BCUT2D eigenvalue weighted by Crippen LogP contribution is 2.54. The Labute approximate surface area is 102 Å². The van der Waals surface area contributed by atoms with Crippen LogP contribution in [0.15, 0.2) is 4.47 Å². The van der Waals surface area contributed by atoms with Gasteiger partial charge < -0.3 is 0 Å². The van der Waals surface area contributed by atoms with Crippen LogP contribution < -0.4 is 0 Å². The van der Waals surface area contributed by atoms with E-state index in [1.165, 1.54) is 45.5 Å². The van der Waals surface area contributed by atoms with Gasteiger partial charge in [0.2, 0.25) is 0 Å². The predicted octanol–water partition coefficient (Wildman–Crippen LogP) is 3.94. The maximum Gasteiger partial charge on any atom is 0.0927 e. The largest absolute Gasteiger partial charge is 0.197 e. The third-order valence-electron chi connectivity index (χ3n) is 3.51. The summed E-state index contributed by atoms with van der Waals surface area (Å²) in [6.07, 6.45) is 7.16. The zero-order valence-corrected chi connectivity index (χ0v) is 10.9. The molecule has 0 saturated heterocycles. The van der Waals surface area contributed by atoms with Crippen molar-refractivity contribution < 1.29 is 0 Å². The fourth-order valence-corrected chi connectivity index (χ4v) is 5.02. The van der Waals surface area contributed by atoms with E-state index in [2.05, 4.69) is 22.0 Å². The van der Waals surface area contributed by atoms with Gasteiger partial charge in [0, 0.05) is 14.2 Å². The molecule has 2 aliphatic carbocycles. The fourth-order valence-electron chi connectivity index (χ4n) is 2.35. The molecule has 0 bridgehead atoms. The van der Waals surface area contributed by atoms with Crippen molar-refractivity contribution in [2.24, 2.45) is 0 Å². The van der Waals surface area contributed by atoms with Gasteiger partial charge in [-0.05, 0) is 60.0 Å².